The van der Waals surface area contributed by atoms with Crippen molar-refractivity contribution in [3.63, 3.8) is 0 Å². The minimum absolute atomic E-state index is 0.0805. The van der Waals surface area contributed by atoms with Gasteiger partial charge in [0.1, 0.15) is 11.9 Å². The molecule has 1 aliphatic heterocycles. The highest BCUT2D eigenvalue weighted by molar-refractivity contribution is 5.93. The molecular formula is C14H18N4O3. The third kappa shape index (κ3) is 2.69. The second-order valence-corrected chi connectivity index (χ2v) is 5.05. The number of ether oxygens (including phenoxy) is 1. The largest absolute Gasteiger partial charge is 0.448 e. The van der Waals surface area contributed by atoms with Gasteiger partial charge >= 0.3 is 0 Å². The van der Waals surface area contributed by atoms with Gasteiger partial charge in [-0.05, 0) is 20.3 Å². The van der Waals surface area contributed by atoms with Crippen molar-refractivity contribution in [2.45, 2.75) is 39.0 Å². The normalized spacial score (nSPS) is 21.6. The first-order valence-electron chi connectivity index (χ1n) is 7.04. The van der Waals surface area contributed by atoms with E-state index in [2.05, 4.69) is 15.4 Å². The van der Waals surface area contributed by atoms with E-state index in [1.807, 2.05) is 17.8 Å². The Morgan fingerprint density at radius 2 is 2.43 bits per heavy atom. The van der Waals surface area contributed by atoms with Crippen molar-refractivity contribution in [2.75, 3.05) is 6.61 Å². The van der Waals surface area contributed by atoms with Crippen molar-refractivity contribution in [3.8, 4) is 0 Å². The van der Waals surface area contributed by atoms with Crippen LogP contribution >= 0.6 is 0 Å². The van der Waals surface area contributed by atoms with Gasteiger partial charge in [-0.15, -0.1) is 0 Å². The molecule has 0 saturated carbocycles. The molecule has 2 aromatic rings. The Morgan fingerprint density at radius 3 is 3.10 bits per heavy atom. The summed E-state index contributed by atoms with van der Waals surface area (Å²) in [5.41, 5.74) is 1.31. The smallest absolute Gasteiger partial charge is 0.273 e. The average molecular weight is 290 g/mol. The number of nitrogens with one attached hydrogen (secondary N) is 1. The fraction of sp³-hybridized carbons (Fsp3) is 0.500. The second-order valence-electron chi connectivity index (χ2n) is 5.05. The summed E-state index contributed by atoms with van der Waals surface area (Å²) < 4.78 is 12.7. The zero-order valence-corrected chi connectivity index (χ0v) is 12.1. The quantitative estimate of drug-likeness (QED) is 0.921. The number of hydrogen-bond donors (Lipinski definition) is 1. The molecule has 0 aromatic carbocycles. The summed E-state index contributed by atoms with van der Waals surface area (Å²) in [5.74, 6) is 0.284. The highest BCUT2D eigenvalue weighted by Crippen LogP contribution is 2.29. The molecule has 0 unspecified atom stereocenters. The fourth-order valence-corrected chi connectivity index (χ4v) is 2.53. The number of carbonyl (C=O) groups excluding carboxylic acids is 1. The maximum Gasteiger partial charge on any atom is 0.273 e. The molecule has 2 atom stereocenters. The number of oxazole rings is 1. The molecule has 7 nitrogen and oxygen atoms in total. The van der Waals surface area contributed by atoms with Gasteiger partial charge in [0.25, 0.3) is 5.91 Å². The van der Waals surface area contributed by atoms with Gasteiger partial charge in [-0.2, -0.15) is 5.10 Å². The van der Waals surface area contributed by atoms with E-state index >= 15 is 0 Å². The lowest BCUT2D eigenvalue weighted by Crippen LogP contribution is -2.37. The molecule has 3 rings (SSSR count). The summed E-state index contributed by atoms with van der Waals surface area (Å²) in [5, 5.41) is 7.23. The third-order valence-electron chi connectivity index (χ3n) is 3.67. The van der Waals surface area contributed by atoms with E-state index in [-0.39, 0.29) is 18.1 Å². The van der Waals surface area contributed by atoms with Crippen LogP contribution in [0.5, 0.6) is 0 Å². The van der Waals surface area contributed by atoms with Crippen LogP contribution in [0.2, 0.25) is 0 Å². The Bertz CT molecular complexity index is 634. The van der Waals surface area contributed by atoms with Crippen LogP contribution in [-0.2, 0) is 11.3 Å². The van der Waals surface area contributed by atoms with Crippen molar-refractivity contribution in [2.24, 2.45) is 0 Å². The van der Waals surface area contributed by atoms with E-state index in [0.717, 1.165) is 18.5 Å². The Labute approximate surface area is 122 Å². The summed E-state index contributed by atoms with van der Waals surface area (Å²) in [7, 11) is 0. The molecule has 0 aliphatic carbocycles. The predicted molar refractivity (Wildman–Crippen MR) is 73.7 cm³/mol. The van der Waals surface area contributed by atoms with E-state index in [9.17, 15) is 4.79 Å². The van der Waals surface area contributed by atoms with Crippen LogP contribution in [0.1, 0.15) is 41.3 Å². The first-order chi connectivity index (χ1) is 10.2. The molecule has 3 heterocycles. The number of aryl methyl sites for hydroxylation is 2. The lowest BCUT2D eigenvalue weighted by atomic mass is 10.1. The van der Waals surface area contributed by atoms with Crippen molar-refractivity contribution in [1.29, 1.82) is 0 Å². The molecule has 21 heavy (non-hydrogen) atoms. The molecule has 7 heteroatoms. The van der Waals surface area contributed by atoms with E-state index in [1.165, 1.54) is 6.39 Å². The van der Waals surface area contributed by atoms with Crippen molar-refractivity contribution in [3.05, 3.63) is 35.8 Å². The summed E-state index contributed by atoms with van der Waals surface area (Å²) in [4.78, 5) is 16.1. The monoisotopic (exact) mass is 290 g/mol. The van der Waals surface area contributed by atoms with Gasteiger partial charge in [0.2, 0.25) is 0 Å². The fourth-order valence-electron chi connectivity index (χ4n) is 2.53. The van der Waals surface area contributed by atoms with Crippen molar-refractivity contribution in [1.82, 2.24) is 20.1 Å². The van der Waals surface area contributed by atoms with E-state index in [1.54, 1.807) is 13.1 Å². The SMILES string of the molecule is CCn1cc([C@H]2OCC[C@@H]2NC(=O)c2ncoc2C)cn1. The van der Waals surface area contributed by atoms with Gasteiger partial charge in [0.05, 0.1) is 12.2 Å². The lowest BCUT2D eigenvalue weighted by Gasteiger charge is -2.18. The van der Waals surface area contributed by atoms with Gasteiger partial charge in [-0.25, -0.2) is 4.98 Å². The van der Waals surface area contributed by atoms with Crippen LogP contribution in [0, 0.1) is 6.92 Å². The van der Waals surface area contributed by atoms with Crippen LogP contribution < -0.4 is 5.32 Å². The van der Waals surface area contributed by atoms with Gasteiger partial charge in [-0.1, -0.05) is 0 Å². The Hall–Kier alpha value is -2.15. The van der Waals surface area contributed by atoms with E-state index in [4.69, 9.17) is 9.15 Å². The topological polar surface area (TPSA) is 82.2 Å². The number of hydrogen-bond acceptors (Lipinski definition) is 5. The molecule has 1 saturated heterocycles. The summed E-state index contributed by atoms with van der Waals surface area (Å²) in [6, 6.07) is -0.0805. The molecule has 0 radical (unpaired) electrons. The maximum atomic E-state index is 12.2. The molecule has 1 aliphatic rings. The Morgan fingerprint density at radius 1 is 1.57 bits per heavy atom. The molecule has 0 spiro atoms. The third-order valence-corrected chi connectivity index (χ3v) is 3.67. The van der Waals surface area contributed by atoms with Gasteiger partial charge in [0.15, 0.2) is 12.1 Å². The van der Waals surface area contributed by atoms with E-state index in [0.29, 0.717) is 18.1 Å². The Kier molecular flexibility index (Phi) is 3.74. The first kappa shape index (κ1) is 13.8. The number of rotatable bonds is 4. The van der Waals surface area contributed by atoms with Crippen LogP contribution in [0.25, 0.3) is 0 Å². The number of aromatic nitrogens is 3. The molecule has 1 amide bonds. The van der Waals surface area contributed by atoms with Crippen molar-refractivity contribution >= 4 is 5.91 Å². The highest BCUT2D eigenvalue weighted by Gasteiger charge is 2.32. The van der Waals surface area contributed by atoms with E-state index < -0.39 is 0 Å². The molecule has 2 aromatic heterocycles. The standard InChI is InChI=1S/C14H18N4O3/c1-3-18-7-10(6-16-18)13-11(4-5-20-13)17-14(19)12-9(2)21-8-15-12/h6-8,11,13H,3-5H2,1-2H3,(H,17,19)/t11-,13+/m0/s1. The summed E-state index contributed by atoms with van der Waals surface area (Å²) in [6.45, 7) is 5.17. The van der Waals surface area contributed by atoms with Gasteiger partial charge < -0.3 is 14.5 Å². The first-order valence-corrected chi connectivity index (χ1v) is 7.04. The number of carbonyl (C=O) groups is 1. The number of nitrogens with zero attached hydrogens (tertiary/aromatic N) is 3. The molecule has 0 bridgehead atoms. The summed E-state index contributed by atoms with van der Waals surface area (Å²) in [6.07, 6.45) is 5.63. The summed E-state index contributed by atoms with van der Waals surface area (Å²) >= 11 is 0. The lowest BCUT2D eigenvalue weighted by molar-refractivity contribution is 0.0817. The van der Waals surface area contributed by atoms with Crippen molar-refractivity contribution < 1.29 is 13.9 Å². The molecule has 1 N–H and O–H groups in total. The zero-order chi connectivity index (χ0) is 14.8. The average Bonchev–Trinajstić information content (AvgIpc) is 3.17. The maximum absolute atomic E-state index is 12.2. The van der Waals surface area contributed by atoms with Crippen LogP contribution in [0.3, 0.4) is 0 Å². The van der Waals surface area contributed by atoms with Crippen LogP contribution in [0.15, 0.2) is 23.2 Å². The number of amides is 1. The molecule has 1 fully saturated rings. The van der Waals surface area contributed by atoms with Gasteiger partial charge in [-0.3, -0.25) is 9.48 Å². The molecular weight excluding hydrogens is 272 g/mol. The highest BCUT2D eigenvalue weighted by atomic mass is 16.5. The second kappa shape index (κ2) is 5.69. The van der Waals surface area contributed by atoms with Crippen LogP contribution in [0.4, 0.5) is 0 Å². The predicted octanol–water partition coefficient (Wildman–Crippen LogP) is 1.46. The minimum Gasteiger partial charge on any atom is -0.448 e. The Balaban J connectivity index is 1.72. The van der Waals surface area contributed by atoms with Gasteiger partial charge in [0, 0.05) is 24.9 Å². The zero-order valence-electron chi connectivity index (χ0n) is 12.1. The van der Waals surface area contributed by atoms with Crippen LogP contribution in [-0.4, -0.2) is 33.3 Å². The minimum atomic E-state index is -0.232. The molecule has 112 valence electrons.